The molecular formula is C12H14N2O3S2. The number of rotatable bonds is 2. The summed E-state index contributed by atoms with van der Waals surface area (Å²) >= 11 is 1.37. The van der Waals surface area contributed by atoms with Crippen LogP contribution in [-0.2, 0) is 21.4 Å². The van der Waals surface area contributed by atoms with Crippen LogP contribution in [0.5, 0.6) is 0 Å². The van der Waals surface area contributed by atoms with Gasteiger partial charge in [0.25, 0.3) is 15.9 Å². The van der Waals surface area contributed by atoms with E-state index in [0.29, 0.717) is 0 Å². The van der Waals surface area contributed by atoms with Crippen LogP contribution in [0, 0.1) is 11.8 Å². The zero-order valence-corrected chi connectivity index (χ0v) is 12.3. The van der Waals surface area contributed by atoms with Gasteiger partial charge in [-0.3, -0.25) is 4.79 Å². The van der Waals surface area contributed by atoms with E-state index in [4.69, 9.17) is 5.73 Å². The van der Waals surface area contributed by atoms with Crippen LogP contribution >= 0.6 is 11.3 Å². The summed E-state index contributed by atoms with van der Waals surface area (Å²) in [6.45, 7) is 3.21. The van der Waals surface area contributed by atoms with E-state index >= 15 is 0 Å². The summed E-state index contributed by atoms with van der Waals surface area (Å²) in [6.07, 6.45) is 0. The highest BCUT2D eigenvalue weighted by atomic mass is 32.2. The Hall–Kier alpha value is -1.36. The third kappa shape index (κ3) is 2.16. The smallest absolute Gasteiger partial charge is 0.259 e. The minimum absolute atomic E-state index is 0.0829. The van der Waals surface area contributed by atoms with Gasteiger partial charge in [0.2, 0.25) is 0 Å². The normalized spacial score (nSPS) is 19.5. The molecular weight excluding hydrogens is 284 g/mol. The lowest BCUT2D eigenvalue weighted by molar-refractivity contribution is -0.132. The molecule has 0 saturated carbocycles. The second kappa shape index (κ2) is 4.63. The molecule has 2 N–H and O–H groups in total. The van der Waals surface area contributed by atoms with Gasteiger partial charge in [-0.15, -0.1) is 11.3 Å². The molecule has 19 heavy (non-hydrogen) atoms. The lowest BCUT2D eigenvalue weighted by Crippen LogP contribution is -2.66. The number of hydrogen-bond acceptors (Lipinski definition) is 5. The Balaban J connectivity index is 2.16. The molecule has 1 fully saturated rings. The second-order valence-electron chi connectivity index (χ2n) is 4.60. The van der Waals surface area contributed by atoms with Crippen molar-refractivity contribution in [1.82, 2.24) is 4.31 Å². The van der Waals surface area contributed by atoms with Crippen LogP contribution in [0.2, 0.25) is 0 Å². The second-order valence-corrected chi connectivity index (χ2v) is 8.18. The number of nitrogens with two attached hydrogens (primary N) is 1. The van der Waals surface area contributed by atoms with Crippen molar-refractivity contribution in [2.24, 2.45) is 5.73 Å². The molecule has 0 spiro atoms. The highest BCUT2D eigenvalue weighted by molar-refractivity contribution is 7.94. The van der Waals surface area contributed by atoms with Gasteiger partial charge in [0.15, 0.2) is 4.75 Å². The molecule has 0 radical (unpaired) electrons. The average molecular weight is 298 g/mol. The molecule has 0 unspecified atom stereocenters. The highest BCUT2D eigenvalue weighted by Gasteiger charge is 2.59. The Bertz CT molecular complexity index is 677. The van der Waals surface area contributed by atoms with Crippen molar-refractivity contribution in [2.75, 3.05) is 6.54 Å². The summed E-state index contributed by atoms with van der Waals surface area (Å²) in [7, 11) is -3.52. The first kappa shape index (κ1) is 14.1. The molecule has 0 bridgehead atoms. The first-order chi connectivity index (χ1) is 8.80. The highest BCUT2D eigenvalue weighted by Crippen LogP contribution is 2.36. The number of hydrogen-bond donors (Lipinski definition) is 1. The van der Waals surface area contributed by atoms with Gasteiger partial charge in [-0.25, -0.2) is 12.7 Å². The molecule has 102 valence electrons. The Kier molecular flexibility index (Phi) is 3.43. The quantitative estimate of drug-likeness (QED) is 0.807. The van der Waals surface area contributed by atoms with Crippen LogP contribution in [0.15, 0.2) is 12.1 Å². The summed E-state index contributed by atoms with van der Waals surface area (Å²) in [5.74, 6) is 5.23. The van der Waals surface area contributed by atoms with Crippen molar-refractivity contribution in [3.05, 3.63) is 21.9 Å². The van der Waals surface area contributed by atoms with Gasteiger partial charge in [0.1, 0.15) is 0 Å². The number of thiophene rings is 1. The molecule has 1 aliphatic rings. The molecule has 1 saturated heterocycles. The minimum Gasteiger partial charge on any atom is -0.320 e. The summed E-state index contributed by atoms with van der Waals surface area (Å²) < 4.78 is 23.5. The van der Waals surface area contributed by atoms with Crippen LogP contribution in [0.25, 0.3) is 0 Å². The third-order valence-corrected chi connectivity index (χ3v) is 6.28. The fourth-order valence-electron chi connectivity index (χ4n) is 1.72. The van der Waals surface area contributed by atoms with Crippen molar-refractivity contribution in [1.29, 1.82) is 0 Å². The van der Waals surface area contributed by atoms with Crippen molar-refractivity contribution < 1.29 is 13.2 Å². The molecule has 2 rings (SSSR count). The predicted molar refractivity (Wildman–Crippen MR) is 73.8 cm³/mol. The van der Waals surface area contributed by atoms with Gasteiger partial charge >= 0.3 is 0 Å². The molecule has 0 aromatic carbocycles. The lowest BCUT2D eigenvalue weighted by Gasteiger charge is -2.42. The molecule has 7 heteroatoms. The standard InChI is InChI=1S/C12H14N2O3S2/c1-12(2)11(15)14(19(12,16)17)8-10-6-5-9(18-10)4-3-7-13/h5-6H,7-8,13H2,1-2H3. The summed E-state index contributed by atoms with van der Waals surface area (Å²) in [6, 6.07) is 3.57. The summed E-state index contributed by atoms with van der Waals surface area (Å²) in [4.78, 5) is 13.4. The third-order valence-electron chi connectivity index (χ3n) is 2.95. The molecule has 0 atom stereocenters. The predicted octanol–water partition coefficient (Wildman–Crippen LogP) is 0.509. The van der Waals surface area contributed by atoms with Gasteiger partial charge in [-0.05, 0) is 26.0 Å². The number of carbonyl (C=O) groups excluding carboxylic acids is 1. The molecule has 1 aromatic heterocycles. The maximum Gasteiger partial charge on any atom is 0.259 e. The minimum atomic E-state index is -3.52. The number of sulfonamides is 1. The van der Waals surface area contributed by atoms with Gasteiger partial charge in [-0.2, -0.15) is 0 Å². The first-order valence-corrected chi connectivity index (χ1v) is 7.90. The van der Waals surface area contributed by atoms with Crippen LogP contribution in [0.1, 0.15) is 23.6 Å². The Labute approximate surface area is 116 Å². The van der Waals surface area contributed by atoms with Crippen molar-refractivity contribution >= 4 is 27.3 Å². The zero-order valence-electron chi connectivity index (χ0n) is 10.6. The molecule has 2 heterocycles. The molecule has 1 amide bonds. The van der Waals surface area contributed by atoms with E-state index in [1.54, 1.807) is 12.1 Å². The van der Waals surface area contributed by atoms with E-state index in [0.717, 1.165) is 14.1 Å². The van der Waals surface area contributed by atoms with Crippen molar-refractivity contribution in [3.8, 4) is 11.8 Å². The van der Waals surface area contributed by atoms with Crippen LogP contribution < -0.4 is 5.73 Å². The Morgan fingerprint density at radius 1 is 1.42 bits per heavy atom. The number of carbonyl (C=O) groups is 1. The molecule has 1 aliphatic heterocycles. The molecule has 5 nitrogen and oxygen atoms in total. The SMILES string of the molecule is CC1(C)C(=O)N(Cc2ccc(C#CCN)s2)S1(=O)=O. The van der Waals surface area contributed by atoms with E-state index in [1.807, 2.05) is 0 Å². The van der Waals surface area contributed by atoms with E-state index in [9.17, 15) is 13.2 Å². The van der Waals surface area contributed by atoms with Gasteiger partial charge < -0.3 is 5.73 Å². The number of nitrogens with zero attached hydrogens (tertiary/aromatic N) is 1. The largest absolute Gasteiger partial charge is 0.320 e. The van der Waals surface area contributed by atoms with Gasteiger partial charge in [0, 0.05) is 4.88 Å². The van der Waals surface area contributed by atoms with Gasteiger partial charge in [-0.1, -0.05) is 11.8 Å². The van der Waals surface area contributed by atoms with E-state index in [2.05, 4.69) is 11.8 Å². The van der Waals surface area contributed by atoms with E-state index < -0.39 is 14.8 Å². The lowest BCUT2D eigenvalue weighted by atomic mass is 10.2. The maximum atomic E-state index is 11.9. The van der Waals surface area contributed by atoms with Crippen molar-refractivity contribution in [3.63, 3.8) is 0 Å². The Morgan fingerprint density at radius 2 is 2.11 bits per heavy atom. The van der Waals surface area contributed by atoms with E-state index in [-0.39, 0.29) is 19.0 Å². The topological polar surface area (TPSA) is 80.5 Å². The maximum absolute atomic E-state index is 11.9. The first-order valence-electron chi connectivity index (χ1n) is 5.65. The van der Waals surface area contributed by atoms with Gasteiger partial charge in [0.05, 0.1) is 18.0 Å². The van der Waals surface area contributed by atoms with Crippen LogP contribution in [0.3, 0.4) is 0 Å². The number of amides is 1. The zero-order chi connectivity index (χ0) is 14.3. The Morgan fingerprint density at radius 3 is 2.68 bits per heavy atom. The fourth-order valence-corrected chi connectivity index (χ4v) is 4.18. The molecule has 1 aromatic rings. The van der Waals surface area contributed by atoms with Crippen molar-refractivity contribution in [2.45, 2.75) is 25.1 Å². The monoisotopic (exact) mass is 298 g/mol. The fraction of sp³-hybridized carbons (Fsp3) is 0.417. The summed E-state index contributed by atoms with van der Waals surface area (Å²) in [5.41, 5.74) is 5.28. The van der Waals surface area contributed by atoms with E-state index in [1.165, 1.54) is 25.2 Å². The van der Waals surface area contributed by atoms with Crippen LogP contribution in [-0.4, -0.2) is 29.9 Å². The molecule has 0 aliphatic carbocycles. The summed E-state index contributed by atoms with van der Waals surface area (Å²) in [5, 5.41) is 0. The van der Waals surface area contributed by atoms with Crippen LogP contribution in [0.4, 0.5) is 0 Å². The average Bonchev–Trinajstić information content (AvgIpc) is 2.80.